The first-order chi connectivity index (χ1) is 9.61. The number of H-pyrrole nitrogens is 1. The van der Waals surface area contributed by atoms with Gasteiger partial charge in [-0.1, -0.05) is 19.0 Å². The van der Waals surface area contributed by atoms with E-state index in [-0.39, 0.29) is 5.92 Å². The van der Waals surface area contributed by atoms with Crippen LogP contribution in [0.15, 0.2) is 17.8 Å². The summed E-state index contributed by atoms with van der Waals surface area (Å²) in [7, 11) is 0. The van der Waals surface area contributed by atoms with Crippen molar-refractivity contribution in [2.24, 2.45) is 11.0 Å². The molecule has 0 aliphatic heterocycles. The highest BCUT2D eigenvalue weighted by Crippen LogP contribution is 2.16. The van der Waals surface area contributed by atoms with E-state index in [2.05, 4.69) is 35.3 Å². The smallest absolute Gasteiger partial charge is 0.234 e. The van der Waals surface area contributed by atoms with Crippen molar-refractivity contribution in [2.45, 2.75) is 26.3 Å². The van der Waals surface area contributed by atoms with Crippen LogP contribution in [0.4, 0.5) is 5.82 Å². The lowest BCUT2D eigenvalue weighted by atomic mass is 10.0. The molecule has 2 rings (SSSR count). The third-order valence-electron chi connectivity index (χ3n) is 2.65. The predicted octanol–water partition coefficient (Wildman–Crippen LogP) is 2.02. The Balaban J connectivity index is 2.21. The largest absolute Gasteiger partial charge is 0.340 e. The molecule has 0 radical (unpaired) electrons. The summed E-state index contributed by atoms with van der Waals surface area (Å²) in [5.41, 5.74) is 9.53. The number of hydrogen-bond donors (Lipinski definition) is 2. The molecule has 0 spiro atoms. The Hall–Kier alpha value is -2.67. The molecular weight excluding hydrogens is 260 g/mol. The summed E-state index contributed by atoms with van der Waals surface area (Å²) in [6.45, 7) is 3.90. The number of aromatic nitrogens is 4. The molecule has 20 heavy (non-hydrogen) atoms. The Kier molecular flexibility index (Phi) is 4.11. The van der Waals surface area contributed by atoms with E-state index in [0.717, 1.165) is 0 Å². The second-order valence-corrected chi connectivity index (χ2v) is 4.66. The van der Waals surface area contributed by atoms with E-state index in [1.54, 1.807) is 0 Å². The van der Waals surface area contributed by atoms with Crippen molar-refractivity contribution in [1.82, 2.24) is 19.9 Å². The summed E-state index contributed by atoms with van der Waals surface area (Å²) in [6, 6.07) is -0.770. The van der Waals surface area contributed by atoms with Gasteiger partial charge in [-0.3, -0.25) is 4.79 Å². The van der Waals surface area contributed by atoms with Crippen LogP contribution >= 0.6 is 0 Å². The van der Waals surface area contributed by atoms with Crippen LogP contribution in [-0.4, -0.2) is 31.9 Å². The number of aromatic amines is 1. The number of amides is 1. The van der Waals surface area contributed by atoms with Gasteiger partial charge in [0.2, 0.25) is 5.91 Å². The standard InChI is InChI=1S/C11H14N8O/c1-6(2)3-7(18-19-12)11(20)17-10-8-9(14-4-13-8)15-5-16-10/h4-7H,3H2,1-2H3,(H2,13,14,15,16,17,20)/t7-/m0/s1. The van der Waals surface area contributed by atoms with Crippen LogP contribution in [0.3, 0.4) is 0 Å². The Morgan fingerprint density at radius 3 is 3.00 bits per heavy atom. The number of carbonyl (C=O) groups is 1. The SMILES string of the molecule is CC(C)C[C@H](N=[N+]=[N-])C(=O)Nc1ncnc2nc[nH]c12. The molecule has 2 aromatic rings. The zero-order chi connectivity index (χ0) is 14.5. The first kappa shape index (κ1) is 13.8. The van der Waals surface area contributed by atoms with E-state index in [1.807, 2.05) is 13.8 Å². The van der Waals surface area contributed by atoms with E-state index < -0.39 is 11.9 Å². The van der Waals surface area contributed by atoms with Gasteiger partial charge in [0.1, 0.15) is 17.9 Å². The minimum absolute atomic E-state index is 0.230. The van der Waals surface area contributed by atoms with Gasteiger partial charge in [-0.25, -0.2) is 15.0 Å². The van der Waals surface area contributed by atoms with Gasteiger partial charge in [0, 0.05) is 4.91 Å². The zero-order valence-corrected chi connectivity index (χ0v) is 11.1. The van der Waals surface area contributed by atoms with Crippen molar-refractivity contribution >= 4 is 22.9 Å². The number of carbonyl (C=O) groups excluding carboxylic acids is 1. The van der Waals surface area contributed by atoms with Crippen LogP contribution in [0.25, 0.3) is 21.6 Å². The Labute approximate surface area is 114 Å². The average molecular weight is 274 g/mol. The number of rotatable bonds is 5. The van der Waals surface area contributed by atoms with Crippen LogP contribution in [0.1, 0.15) is 20.3 Å². The number of nitrogens with zero attached hydrogens (tertiary/aromatic N) is 6. The van der Waals surface area contributed by atoms with Gasteiger partial charge < -0.3 is 10.3 Å². The van der Waals surface area contributed by atoms with Crippen molar-refractivity contribution in [3.05, 3.63) is 23.1 Å². The van der Waals surface area contributed by atoms with Crippen molar-refractivity contribution in [3.8, 4) is 0 Å². The van der Waals surface area contributed by atoms with E-state index >= 15 is 0 Å². The second kappa shape index (κ2) is 5.98. The second-order valence-electron chi connectivity index (χ2n) is 4.66. The summed E-state index contributed by atoms with van der Waals surface area (Å²) < 4.78 is 0. The Bertz CT molecular complexity index is 657. The van der Waals surface area contributed by atoms with E-state index in [4.69, 9.17) is 5.53 Å². The number of fused-ring (bicyclic) bond motifs is 1. The van der Waals surface area contributed by atoms with E-state index in [0.29, 0.717) is 23.4 Å². The molecule has 104 valence electrons. The lowest BCUT2D eigenvalue weighted by molar-refractivity contribution is -0.117. The lowest BCUT2D eigenvalue weighted by Crippen LogP contribution is -2.27. The maximum Gasteiger partial charge on any atom is 0.234 e. The molecule has 0 fully saturated rings. The van der Waals surface area contributed by atoms with Crippen molar-refractivity contribution in [2.75, 3.05) is 5.32 Å². The number of azide groups is 1. The monoisotopic (exact) mass is 274 g/mol. The quantitative estimate of drug-likeness (QED) is 0.490. The highest BCUT2D eigenvalue weighted by molar-refractivity contribution is 5.99. The van der Waals surface area contributed by atoms with Gasteiger partial charge >= 0.3 is 0 Å². The molecular formula is C11H14N8O. The molecule has 2 heterocycles. The van der Waals surface area contributed by atoms with Gasteiger partial charge in [-0.2, -0.15) is 0 Å². The highest BCUT2D eigenvalue weighted by atomic mass is 16.2. The molecule has 0 aliphatic rings. The van der Waals surface area contributed by atoms with Crippen LogP contribution in [0.2, 0.25) is 0 Å². The van der Waals surface area contributed by atoms with Crippen molar-refractivity contribution in [3.63, 3.8) is 0 Å². The number of anilines is 1. The minimum Gasteiger partial charge on any atom is -0.340 e. The van der Waals surface area contributed by atoms with E-state index in [1.165, 1.54) is 12.7 Å². The third-order valence-corrected chi connectivity index (χ3v) is 2.65. The van der Waals surface area contributed by atoms with Crippen LogP contribution < -0.4 is 5.32 Å². The molecule has 9 heteroatoms. The molecule has 2 aromatic heterocycles. The van der Waals surface area contributed by atoms with Gasteiger partial charge in [0.05, 0.1) is 6.33 Å². The molecule has 0 aromatic carbocycles. The maximum atomic E-state index is 12.1. The molecule has 0 aliphatic carbocycles. The third kappa shape index (κ3) is 3.01. The van der Waals surface area contributed by atoms with E-state index in [9.17, 15) is 4.79 Å². The highest BCUT2D eigenvalue weighted by Gasteiger charge is 2.20. The molecule has 0 saturated carbocycles. The number of hydrogen-bond acceptors (Lipinski definition) is 5. The van der Waals surface area contributed by atoms with Crippen LogP contribution in [0.5, 0.6) is 0 Å². The van der Waals surface area contributed by atoms with Crippen LogP contribution in [-0.2, 0) is 4.79 Å². The summed E-state index contributed by atoms with van der Waals surface area (Å²) in [5.74, 6) is 0.152. The topological polar surface area (TPSA) is 132 Å². The number of imidazole rings is 1. The molecule has 0 bridgehead atoms. The van der Waals surface area contributed by atoms with Gasteiger partial charge in [-0.15, -0.1) is 0 Å². The fourth-order valence-corrected chi connectivity index (χ4v) is 1.78. The zero-order valence-electron chi connectivity index (χ0n) is 11.1. The number of nitrogens with one attached hydrogen (secondary N) is 2. The molecule has 0 saturated heterocycles. The van der Waals surface area contributed by atoms with Gasteiger partial charge in [0.15, 0.2) is 11.5 Å². The van der Waals surface area contributed by atoms with Gasteiger partial charge in [0.25, 0.3) is 0 Å². The van der Waals surface area contributed by atoms with Gasteiger partial charge in [-0.05, 0) is 17.9 Å². The van der Waals surface area contributed by atoms with Crippen LogP contribution in [0, 0.1) is 5.92 Å². The summed E-state index contributed by atoms with van der Waals surface area (Å²) in [5, 5.41) is 6.16. The summed E-state index contributed by atoms with van der Waals surface area (Å²) >= 11 is 0. The van der Waals surface area contributed by atoms with Crippen molar-refractivity contribution < 1.29 is 4.79 Å². The molecule has 1 atom stereocenters. The summed E-state index contributed by atoms with van der Waals surface area (Å²) in [4.78, 5) is 29.6. The predicted molar refractivity (Wildman–Crippen MR) is 72.7 cm³/mol. The lowest BCUT2D eigenvalue weighted by Gasteiger charge is -2.13. The average Bonchev–Trinajstić information content (AvgIpc) is 2.87. The molecule has 1 amide bonds. The normalized spacial score (nSPS) is 12.2. The summed E-state index contributed by atoms with van der Waals surface area (Å²) in [6.07, 6.45) is 3.24. The first-order valence-electron chi connectivity index (χ1n) is 6.11. The van der Waals surface area contributed by atoms with Crippen molar-refractivity contribution in [1.29, 1.82) is 0 Å². The maximum absolute atomic E-state index is 12.1. The Morgan fingerprint density at radius 1 is 1.50 bits per heavy atom. The molecule has 9 nitrogen and oxygen atoms in total. The molecule has 0 unspecified atom stereocenters. The Morgan fingerprint density at radius 2 is 2.30 bits per heavy atom. The first-order valence-corrected chi connectivity index (χ1v) is 6.11. The molecule has 2 N–H and O–H groups in total. The fourth-order valence-electron chi connectivity index (χ4n) is 1.78. The fraction of sp³-hybridized carbons (Fsp3) is 0.455. The minimum atomic E-state index is -0.770.